The van der Waals surface area contributed by atoms with Gasteiger partial charge in [0.2, 0.25) is 0 Å². The summed E-state index contributed by atoms with van der Waals surface area (Å²) >= 11 is 2.01. The molecule has 17 heavy (non-hydrogen) atoms. The predicted molar refractivity (Wildman–Crippen MR) is 70.8 cm³/mol. The number of nitrogens with one attached hydrogen (secondary N) is 2. The van der Waals surface area contributed by atoms with Crippen LogP contribution in [0.25, 0.3) is 11.1 Å². The summed E-state index contributed by atoms with van der Waals surface area (Å²) in [5, 5.41) is 3.51. The molecule has 0 spiro atoms. The van der Waals surface area contributed by atoms with E-state index in [4.69, 9.17) is 4.42 Å². The third kappa shape index (κ3) is 2.34. The van der Waals surface area contributed by atoms with E-state index in [0.717, 1.165) is 11.2 Å². The minimum absolute atomic E-state index is 0.397. The topological polar surface area (TPSA) is 58.0 Å². The Bertz CT molecular complexity index is 569. The lowest BCUT2D eigenvalue weighted by Gasteiger charge is -2.23. The summed E-state index contributed by atoms with van der Waals surface area (Å²) in [6, 6.07) is 6.27. The predicted octanol–water partition coefficient (Wildman–Crippen LogP) is 2.43. The van der Waals surface area contributed by atoms with Gasteiger partial charge in [-0.25, -0.2) is 4.79 Å². The van der Waals surface area contributed by atoms with Gasteiger partial charge in [0.25, 0.3) is 0 Å². The highest BCUT2D eigenvalue weighted by Gasteiger charge is 2.13. The van der Waals surface area contributed by atoms with Gasteiger partial charge < -0.3 is 9.73 Å². The van der Waals surface area contributed by atoms with Crippen molar-refractivity contribution in [3.8, 4) is 0 Å². The van der Waals surface area contributed by atoms with Crippen molar-refractivity contribution in [1.29, 1.82) is 0 Å². The van der Waals surface area contributed by atoms with Gasteiger partial charge in [-0.1, -0.05) is 0 Å². The van der Waals surface area contributed by atoms with Gasteiger partial charge in [0.15, 0.2) is 5.58 Å². The molecule has 0 amide bonds. The van der Waals surface area contributed by atoms with Gasteiger partial charge in [-0.05, 0) is 42.5 Å². The van der Waals surface area contributed by atoms with Crippen LogP contribution in [-0.4, -0.2) is 22.5 Å². The fourth-order valence-electron chi connectivity index (χ4n) is 2.12. The van der Waals surface area contributed by atoms with E-state index >= 15 is 0 Å². The molecule has 1 fully saturated rings. The van der Waals surface area contributed by atoms with Crippen LogP contribution in [-0.2, 0) is 0 Å². The standard InChI is InChI=1S/C12H14N2O2S/c15-12-14-10-7-9(1-2-11(10)16-12)13-8-3-5-17-6-4-8/h1-2,7-8,13H,3-6H2,(H,14,15). The molecule has 2 heterocycles. The second kappa shape index (κ2) is 4.49. The third-order valence-corrected chi connectivity index (χ3v) is 4.06. The molecular formula is C12H14N2O2S. The van der Waals surface area contributed by atoms with Crippen molar-refractivity contribution >= 4 is 28.5 Å². The van der Waals surface area contributed by atoms with Gasteiger partial charge in [0, 0.05) is 11.7 Å². The lowest BCUT2D eigenvalue weighted by Crippen LogP contribution is -2.24. The van der Waals surface area contributed by atoms with Crippen molar-refractivity contribution in [3.63, 3.8) is 0 Å². The van der Waals surface area contributed by atoms with Crippen molar-refractivity contribution in [1.82, 2.24) is 4.98 Å². The Morgan fingerprint density at radius 3 is 3.00 bits per heavy atom. The summed E-state index contributed by atoms with van der Waals surface area (Å²) in [4.78, 5) is 13.7. The number of anilines is 1. The highest BCUT2D eigenvalue weighted by Crippen LogP contribution is 2.22. The molecule has 0 radical (unpaired) electrons. The van der Waals surface area contributed by atoms with Gasteiger partial charge >= 0.3 is 5.76 Å². The fraction of sp³-hybridized carbons (Fsp3) is 0.417. The molecule has 1 saturated heterocycles. The Balaban J connectivity index is 1.82. The van der Waals surface area contributed by atoms with Gasteiger partial charge in [-0.2, -0.15) is 11.8 Å². The Hall–Kier alpha value is -1.36. The summed E-state index contributed by atoms with van der Waals surface area (Å²) < 4.78 is 4.97. The Kier molecular flexibility index (Phi) is 2.84. The van der Waals surface area contributed by atoms with E-state index in [1.165, 1.54) is 24.3 Å². The van der Waals surface area contributed by atoms with Gasteiger partial charge in [0.05, 0.1) is 5.52 Å². The zero-order chi connectivity index (χ0) is 11.7. The zero-order valence-corrected chi connectivity index (χ0v) is 10.2. The minimum Gasteiger partial charge on any atom is -0.408 e. The molecule has 0 bridgehead atoms. The van der Waals surface area contributed by atoms with E-state index in [0.29, 0.717) is 11.6 Å². The molecule has 2 aromatic rings. The number of oxazole rings is 1. The molecule has 1 aliphatic heterocycles. The Morgan fingerprint density at radius 1 is 1.35 bits per heavy atom. The molecule has 4 nitrogen and oxygen atoms in total. The highest BCUT2D eigenvalue weighted by atomic mass is 32.2. The van der Waals surface area contributed by atoms with Gasteiger partial charge in [0.1, 0.15) is 0 Å². The van der Waals surface area contributed by atoms with E-state index in [1.54, 1.807) is 0 Å². The number of H-pyrrole nitrogens is 1. The van der Waals surface area contributed by atoms with Crippen LogP contribution >= 0.6 is 11.8 Å². The smallest absolute Gasteiger partial charge is 0.408 e. The molecule has 1 aromatic carbocycles. The Labute approximate surface area is 103 Å². The van der Waals surface area contributed by atoms with E-state index in [9.17, 15) is 4.79 Å². The SMILES string of the molecule is O=c1[nH]c2cc(NC3CCSCC3)ccc2o1. The van der Waals surface area contributed by atoms with Crippen LogP contribution in [0.4, 0.5) is 5.69 Å². The van der Waals surface area contributed by atoms with Crippen LogP contribution in [0.15, 0.2) is 27.4 Å². The number of hydrogen-bond acceptors (Lipinski definition) is 4. The zero-order valence-electron chi connectivity index (χ0n) is 9.36. The van der Waals surface area contributed by atoms with Crippen molar-refractivity contribution in [3.05, 3.63) is 28.7 Å². The molecule has 1 aromatic heterocycles. The summed E-state index contributed by atoms with van der Waals surface area (Å²) in [6.07, 6.45) is 2.40. The molecule has 0 saturated carbocycles. The van der Waals surface area contributed by atoms with Crippen LogP contribution in [0.5, 0.6) is 0 Å². The van der Waals surface area contributed by atoms with Crippen LogP contribution in [0.1, 0.15) is 12.8 Å². The maximum atomic E-state index is 11.0. The first-order valence-electron chi connectivity index (χ1n) is 5.78. The molecule has 0 aliphatic carbocycles. The number of fused-ring (bicyclic) bond motifs is 1. The normalized spacial score (nSPS) is 17.4. The van der Waals surface area contributed by atoms with Crippen LogP contribution in [0.3, 0.4) is 0 Å². The second-order valence-corrected chi connectivity index (χ2v) is 5.48. The lowest BCUT2D eigenvalue weighted by molar-refractivity contribution is 0.555. The molecule has 0 atom stereocenters. The first-order chi connectivity index (χ1) is 8.31. The Morgan fingerprint density at radius 2 is 2.18 bits per heavy atom. The van der Waals surface area contributed by atoms with E-state index in [1.807, 2.05) is 30.0 Å². The molecule has 5 heteroatoms. The van der Waals surface area contributed by atoms with Crippen molar-refractivity contribution < 1.29 is 4.42 Å². The summed E-state index contributed by atoms with van der Waals surface area (Å²) in [5.41, 5.74) is 2.41. The monoisotopic (exact) mass is 250 g/mol. The molecule has 1 aliphatic rings. The number of thioether (sulfide) groups is 1. The average molecular weight is 250 g/mol. The largest absolute Gasteiger partial charge is 0.417 e. The maximum absolute atomic E-state index is 11.0. The summed E-state index contributed by atoms with van der Waals surface area (Å²) in [5.74, 6) is 2.05. The van der Waals surface area contributed by atoms with Gasteiger partial charge in [-0.3, -0.25) is 4.98 Å². The van der Waals surface area contributed by atoms with Crippen LogP contribution < -0.4 is 11.1 Å². The fourth-order valence-corrected chi connectivity index (χ4v) is 3.23. The molecule has 2 N–H and O–H groups in total. The van der Waals surface area contributed by atoms with Crippen molar-refractivity contribution in [2.75, 3.05) is 16.8 Å². The molecule has 3 rings (SSSR count). The van der Waals surface area contributed by atoms with Crippen molar-refractivity contribution in [2.24, 2.45) is 0 Å². The highest BCUT2D eigenvalue weighted by molar-refractivity contribution is 7.99. The maximum Gasteiger partial charge on any atom is 0.417 e. The second-order valence-electron chi connectivity index (χ2n) is 4.26. The molecule has 0 unspecified atom stereocenters. The van der Waals surface area contributed by atoms with E-state index in [2.05, 4.69) is 10.3 Å². The van der Waals surface area contributed by atoms with Gasteiger partial charge in [-0.15, -0.1) is 0 Å². The van der Waals surface area contributed by atoms with Crippen molar-refractivity contribution in [2.45, 2.75) is 18.9 Å². The number of aromatic amines is 1. The number of aromatic nitrogens is 1. The average Bonchev–Trinajstić information content (AvgIpc) is 2.70. The number of benzene rings is 1. The first kappa shape index (κ1) is 10.8. The number of rotatable bonds is 2. The molecule has 90 valence electrons. The molecular weight excluding hydrogens is 236 g/mol. The van der Waals surface area contributed by atoms with E-state index in [-0.39, 0.29) is 0 Å². The minimum atomic E-state index is -0.397. The van der Waals surface area contributed by atoms with Crippen LogP contribution in [0, 0.1) is 0 Å². The summed E-state index contributed by atoms with van der Waals surface area (Å²) in [6.45, 7) is 0. The van der Waals surface area contributed by atoms with E-state index < -0.39 is 5.76 Å². The van der Waals surface area contributed by atoms with Crippen LogP contribution in [0.2, 0.25) is 0 Å². The quantitative estimate of drug-likeness (QED) is 0.859. The lowest BCUT2D eigenvalue weighted by atomic mass is 10.1. The third-order valence-electron chi connectivity index (χ3n) is 3.01. The summed E-state index contributed by atoms with van der Waals surface area (Å²) in [7, 11) is 0. The first-order valence-corrected chi connectivity index (χ1v) is 6.94. The number of hydrogen-bond donors (Lipinski definition) is 2.